The van der Waals surface area contributed by atoms with Crippen LogP contribution in [0.2, 0.25) is 0 Å². The molecule has 0 spiro atoms. The number of nitrogens with zero attached hydrogens (tertiary/aromatic N) is 1. The van der Waals surface area contributed by atoms with Crippen molar-refractivity contribution in [2.45, 2.75) is 32.6 Å². The summed E-state index contributed by atoms with van der Waals surface area (Å²) in [5.74, 6) is 3.47. The Morgan fingerprint density at radius 2 is 2.19 bits per heavy atom. The standard InChI is InChI=1S/C13H22N2O/c1-3-5-6-13(16)15-9-7-12(8-10-15)11-14-4-2/h1,12,14H,4-11H2,2H3. The van der Waals surface area contributed by atoms with Crippen molar-refractivity contribution in [3.8, 4) is 12.3 Å². The number of nitrogens with one attached hydrogen (secondary N) is 1. The number of carbonyl (C=O) groups is 1. The highest BCUT2D eigenvalue weighted by atomic mass is 16.2. The van der Waals surface area contributed by atoms with Crippen molar-refractivity contribution in [3.63, 3.8) is 0 Å². The average molecular weight is 222 g/mol. The lowest BCUT2D eigenvalue weighted by molar-refractivity contribution is -0.132. The van der Waals surface area contributed by atoms with Gasteiger partial charge in [-0.1, -0.05) is 6.92 Å². The van der Waals surface area contributed by atoms with Crippen LogP contribution in [0.3, 0.4) is 0 Å². The van der Waals surface area contributed by atoms with Gasteiger partial charge in [0.2, 0.25) is 5.91 Å². The maximum atomic E-state index is 11.7. The molecule has 0 saturated carbocycles. The van der Waals surface area contributed by atoms with E-state index in [1.54, 1.807) is 0 Å². The van der Waals surface area contributed by atoms with E-state index in [-0.39, 0.29) is 5.91 Å². The van der Waals surface area contributed by atoms with Gasteiger partial charge in [0.25, 0.3) is 0 Å². The van der Waals surface area contributed by atoms with Crippen LogP contribution in [0.1, 0.15) is 32.6 Å². The maximum absolute atomic E-state index is 11.7. The third-order valence-corrected chi connectivity index (χ3v) is 3.13. The van der Waals surface area contributed by atoms with E-state index >= 15 is 0 Å². The Morgan fingerprint density at radius 3 is 2.75 bits per heavy atom. The van der Waals surface area contributed by atoms with Crippen LogP contribution in [0.25, 0.3) is 0 Å². The fourth-order valence-electron chi connectivity index (χ4n) is 2.07. The van der Waals surface area contributed by atoms with Gasteiger partial charge in [-0.2, -0.15) is 0 Å². The minimum absolute atomic E-state index is 0.222. The van der Waals surface area contributed by atoms with Crippen LogP contribution in [-0.2, 0) is 4.79 Å². The summed E-state index contributed by atoms with van der Waals surface area (Å²) >= 11 is 0. The molecule has 0 aromatic heterocycles. The summed E-state index contributed by atoms with van der Waals surface area (Å²) in [4.78, 5) is 13.7. The van der Waals surface area contributed by atoms with E-state index in [0.29, 0.717) is 12.8 Å². The predicted octanol–water partition coefficient (Wildman–Crippen LogP) is 1.25. The van der Waals surface area contributed by atoms with E-state index in [1.165, 1.54) is 0 Å². The van der Waals surface area contributed by atoms with E-state index < -0.39 is 0 Å². The molecule has 0 bridgehead atoms. The first-order valence-corrected chi connectivity index (χ1v) is 6.19. The minimum atomic E-state index is 0.222. The molecule has 0 unspecified atom stereocenters. The van der Waals surface area contributed by atoms with Crippen molar-refractivity contribution in [3.05, 3.63) is 0 Å². The molecule has 1 rings (SSSR count). The summed E-state index contributed by atoms with van der Waals surface area (Å²) in [6.45, 7) is 6.04. The van der Waals surface area contributed by atoms with Crippen molar-refractivity contribution in [2.24, 2.45) is 5.92 Å². The van der Waals surface area contributed by atoms with Crippen molar-refractivity contribution in [1.29, 1.82) is 0 Å². The van der Waals surface area contributed by atoms with Crippen LogP contribution in [0.15, 0.2) is 0 Å². The van der Waals surface area contributed by atoms with E-state index in [9.17, 15) is 4.79 Å². The van der Waals surface area contributed by atoms with Gasteiger partial charge in [0, 0.05) is 25.9 Å². The number of amides is 1. The zero-order valence-electron chi connectivity index (χ0n) is 10.2. The first-order chi connectivity index (χ1) is 7.77. The zero-order valence-corrected chi connectivity index (χ0v) is 10.2. The van der Waals surface area contributed by atoms with Gasteiger partial charge in [-0.3, -0.25) is 4.79 Å². The lowest BCUT2D eigenvalue weighted by Crippen LogP contribution is -2.40. The second kappa shape index (κ2) is 7.29. The molecule has 1 aliphatic heterocycles. The number of carbonyl (C=O) groups excluding carboxylic acids is 1. The smallest absolute Gasteiger partial charge is 0.223 e. The average Bonchev–Trinajstić information content (AvgIpc) is 2.34. The number of hydrogen-bond acceptors (Lipinski definition) is 2. The van der Waals surface area contributed by atoms with Gasteiger partial charge in [0.15, 0.2) is 0 Å². The number of likely N-dealkylation sites (tertiary alicyclic amines) is 1. The van der Waals surface area contributed by atoms with Crippen LogP contribution >= 0.6 is 0 Å². The van der Waals surface area contributed by atoms with Gasteiger partial charge < -0.3 is 10.2 Å². The Kier molecular flexibility index (Phi) is 5.95. The maximum Gasteiger partial charge on any atom is 0.223 e. The monoisotopic (exact) mass is 222 g/mol. The molecule has 0 atom stereocenters. The van der Waals surface area contributed by atoms with Crippen LogP contribution in [0.5, 0.6) is 0 Å². The summed E-state index contributed by atoms with van der Waals surface area (Å²) < 4.78 is 0. The van der Waals surface area contributed by atoms with Crippen molar-refractivity contribution in [1.82, 2.24) is 10.2 Å². The molecule has 1 N–H and O–H groups in total. The molecule has 3 nitrogen and oxygen atoms in total. The van der Waals surface area contributed by atoms with Gasteiger partial charge in [-0.25, -0.2) is 0 Å². The molecule has 90 valence electrons. The largest absolute Gasteiger partial charge is 0.343 e. The number of terminal acetylenes is 1. The lowest BCUT2D eigenvalue weighted by Gasteiger charge is -2.32. The minimum Gasteiger partial charge on any atom is -0.343 e. The second-order valence-corrected chi connectivity index (χ2v) is 4.34. The van der Waals surface area contributed by atoms with Crippen LogP contribution in [-0.4, -0.2) is 37.0 Å². The van der Waals surface area contributed by atoms with Crippen LogP contribution in [0.4, 0.5) is 0 Å². The highest BCUT2D eigenvalue weighted by Gasteiger charge is 2.21. The second-order valence-electron chi connectivity index (χ2n) is 4.34. The first-order valence-electron chi connectivity index (χ1n) is 6.19. The highest BCUT2D eigenvalue weighted by molar-refractivity contribution is 5.76. The molecule has 3 heteroatoms. The van der Waals surface area contributed by atoms with Crippen molar-refractivity contribution in [2.75, 3.05) is 26.2 Å². The van der Waals surface area contributed by atoms with Crippen molar-refractivity contribution >= 4 is 5.91 Å². The molecule has 1 heterocycles. The summed E-state index contributed by atoms with van der Waals surface area (Å²) in [5.41, 5.74) is 0. The summed E-state index contributed by atoms with van der Waals surface area (Å²) in [5, 5.41) is 3.37. The number of hydrogen-bond donors (Lipinski definition) is 1. The summed E-state index contributed by atoms with van der Waals surface area (Å²) in [6.07, 6.45) is 8.47. The number of rotatable bonds is 5. The molecular weight excluding hydrogens is 200 g/mol. The fraction of sp³-hybridized carbons (Fsp3) is 0.769. The number of piperidine rings is 1. The quantitative estimate of drug-likeness (QED) is 0.710. The third kappa shape index (κ3) is 4.24. The Hall–Kier alpha value is -1.01. The molecule has 0 radical (unpaired) electrons. The highest BCUT2D eigenvalue weighted by Crippen LogP contribution is 2.17. The molecule has 1 amide bonds. The summed E-state index contributed by atoms with van der Waals surface area (Å²) in [7, 11) is 0. The van der Waals surface area contributed by atoms with E-state index in [2.05, 4.69) is 18.2 Å². The Labute approximate surface area is 98.6 Å². The molecule has 0 aromatic rings. The van der Waals surface area contributed by atoms with Gasteiger partial charge in [-0.15, -0.1) is 12.3 Å². The van der Waals surface area contributed by atoms with Crippen LogP contribution in [0, 0.1) is 18.3 Å². The predicted molar refractivity (Wildman–Crippen MR) is 65.9 cm³/mol. The van der Waals surface area contributed by atoms with E-state index in [4.69, 9.17) is 6.42 Å². The normalized spacial score (nSPS) is 17.1. The molecular formula is C13H22N2O. The Balaban J connectivity index is 2.21. The van der Waals surface area contributed by atoms with Gasteiger partial charge in [0.05, 0.1) is 0 Å². The molecule has 0 aliphatic carbocycles. The van der Waals surface area contributed by atoms with Gasteiger partial charge in [-0.05, 0) is 31.8 Å². The van der Waals surface area contributed by atoms with Gasteiger partial charge in [0.1, 0.15) is 0 Å². The molecule has 1 saturated heterocycles. The van der Waals surface area contributed by atoms with Gasteiger partial charge >= 0.3 is 0 Å². The first kappa shape index (κ1) is 13.1. The Morgan fingerprint density at radius 1 is 1.50 bits per heavy atom. The third-order valence-electron chi connectivity index (χ3n) is 3.13. The van der Waals surface area contributed by atoms with E-state index in [0.717, 1.165) is 44.9 Å². The zero-order chi connectivity index (χ0) is 11.8. The molecule has 16 heavy (non-hydrogen) atoms. The fourth-order valence-corrected chi connectivity index (χ4v) is 2.07. The molecule has 0 aromatic carbocycles. The molecule has 1 fully saturated rings. The molecule has 1 aliphatic rings. The summed E-state index contributed by atoms with van der Waals surface area (Å²) in [6, 6.07) is 0. The Bertz CT molecular complexity index is 249. The SMILES string of the molecule is C#CCCC(=O)N1CCC(CNCC)CC1. The van der Waals surface area contributed by atoms with Crippen LogP contribution < -0.4 is 5.32 Å². The lowest BCUT2D eigenvalue weighted by atomic mass is 9.96. The van der Waals surface area contributed by atoms with Crippen molar-refractivity contribution < 1.29 is 4.79 Å². The van der Waals surface area contributed by atoms with E-state index in [1.807, 2.05) is 4.90 Å². The topological polar surface area (TPSA) is 32.3 Å².